The van der Waals surface area contributed by atoms with Gasteiger partial charge in [0, 0.05) is 68.7 Å². The molecule has 4 rings (SSSR count). The molecule has 0 unspecified atom stereocenters. The third-order valence-corrected chi connectivity index (χ3v) is 5.49. The van der Waals surface area contributed by atoms with E-state index in [1.54, 1.807) is 6.20 Å². The Hall–Kier alpha value is -2.21. The first-order valence-corrected chi connectivity index (χ1v) is 9.14. The van der Waals surface area contributed by atoms with Crippen molar-refractivity contribution >= 4 is 22.6 Å². The second kappa shape index (κ2) is 6.96. The van der Waals surface area contributed by atoms with Gasteiger partial charge in [0.2, 0.25) is 5.91 Å². The maximum atomic E-state index is 12.8. The number of hydrogen-bond acceptors (Lipinski definition) is 5. The van der Waals surface area contributed by atoms with Crippen LogP contribution in [-0.2, 0) is 4.79 Å². The topological polar surface area (TPSA) is 52.6 Å². The molecule has 6 heteroatoms. The van der Waals surface area contributed by atoms with Crippen molar-refractivity contribution < 1.29 is 4.79 Å². The van der Waals surface area contributed by atoms with Crippen LogP contribution >= 0.6 is 0 Å². The van der Waals surface area contributed by atoms with Crippen LogP contribution in [0.2, 0.25) is 0 Å². The molecule has 1 amide bonds. The first kappa shape index (κ1) is 16.3. The lowest BCUT2D eigenvalue weighted by Crippen LogP contribution is -2.50. The van der Waals surface area contributed by atoms with Gasteiger partial charge in [-0.3, -0.25) is 4.79 Å². The fraction of sp³-hybridized carbons (Fsp3) is 0.526. The predicted octanol–water partition coefficient (Wildman–Crippen LogP) is 1.62. The summed E-state index contributed by atoms with van der Waals surface area (Å²) in [6.07, 6.45) is 5.46. The van der Waals surface area contributed by atoms with Crippen molar-refractivity contribution in [1.29, 1.82) is 0 Å². The van der Waals surface area contributed by atoms with Gasteiger partial charge >= 0.3 is 0 Å². The maximum Gasteiger partial charge on any atom is 0.225 e. The highest BCUT2D eigenvalue weighted by Gasteiger charge is 2.30. The van der Waals surface area contributed by atoms with Gasteiger partial charge in [-0.15, -0.1) is 0 Å². The summed E-state index contributed by atoms with van der Waals surface area (Å²) < 4.78 is 0. The Kier molecular flexibility index (Phi) is 4.53. The fourth-order valence-electron chi connectivity index (χ4n) is 3.90. The number of amides is 1. The molecule has 132 valence electrons. The molecule has 0 radical (unpaired) electrons. The largest absolute Gasteiger partial charge is 0.371 e. The van der Waals surface area contributed by atoms with Gasteiger partial charge in [-0.1, -0.05) is 0 Å². The Balaban J connectivity index is 1.42. The average Bonchev–Trinajstić information content (AvgIpc) is 2.68. The Morgan fingerprint density at radius 2 is 1.72 bits per heavy atom. The highest BCUT2D eigenvalue weighted by molar-refractivity contribution is 5.89. The molecule has 2 aliphatic rings. The van der Waals surface area contributed by atoms with E-state index >= 15 is 0 Å². The summed E-state index contributed by atoms with van der Waals surface area (Å²) in [7, 11) is 2.12. The van der Waals surface area contributed by atoms with Gasteiger partial charge in [0.25, 0.3) is 0 Å². The van der Waals surface area contributed by atoms with Gasteiger partial charge in [-0.05, 0) is 38.1 Å². The summed E-state index contributed by atoms with van der Waals surface area (Å²) >= 11 is 0. The van der Waals surface area contributed by atoms with E-state index in [4.69, 9.17) is 0 Å². The number of hydrogen-bond donors (Lipinski definition) is 0. The molecule has 4 heterocycles. The van der Waals surface area contributed by atoms with Crippen LogP contribution in [0, 0.1) is 5.92 Å². The van der Waals surface area contributed by atoms with E-state index in [2.05, 4.69) is 43.8 Å². The van der Waals surface area contributed by atoms with Crippen LogP contribution in [0.4, 0.5) is 5.69 Å². The van der Waals surface area contributed by atoms with Crippen molar-refractivity contribution in [3.8, 4) is 0 Å². The summed E-state index contributed by atoms with van der Waals surface area (Å²) in [6, 6.07) is 6.09. The Morgan fingerprint density at radius 3 is 2.48 bits per heavy atom. The summed E-state index contributed by atoms with van der Waals surface area (Å²) in [5.74, 6) is 0.528. The van der Waals surface area contributed by atoms with Crippen molar-refractivity contribution in [2.75, 3.05) is 51.2 Å². The van der Waals surface area contributed by atoms with E-state index in [0.29, 0.717) is 5.91 Å². The molecule has 0 aromatic carbocycles. The molecule has 0 aliphatic carbocycles. The second-order valence-electron chi connectivity index (χ2n) is 7.09. The lowest BCUT2D eigenvalue weighted by atomic mass is 9.94. The second-order valence-corrected chi connectivity index (χ2v) is 7.09. The van der Waals surface area contributed by atoms with Crippen LogP contribution in [0.1, 0.15) is 12.8 Å². The van der Waals surface area contributed by atoms with Gasteiger partial charge in [0.05, 0.1) is 0 Å². The summed E-state index contributed by atoms with van der Waals surface area (Å²) in [6.45, 7) is 5.55. The molecule has 0 bridgehead atoms. The Morgan fingerprint density at radius 1 is 1.00 bits per heavy atom. The van der Waals surface area contributed by atoms with Crippen molar-refractivity contribution in [1.82, 2.24) is 19.8 Å². The minimum Gasteiger partial charge on any atom is -0.371 e. The number of rotatable bonds is 2. The summed E-state index contributed by atoms with van der Waals surface area (Å²) in [4.78, 5) is 28.2. The molecule has 2 fully saturated rings. The minimum atomic E-state index is 0.172. The van der Waals surface area contributed by atoms with Gasteiger partial charge < -0.3 is 14.7 Å². The zero-order valence-corrected chi connectivity index (χ0v) is 14.8. The van der Waals surface area contributed by atoms with Gasteiger partial charge in [-0.2, -0.15) is 0 Å². The quantitative estimate of drug-likeness (QED) is 0.832. The highest BCUT2D eigenvalue weighted by Crippen LogP contribution is 2.29. The van der Waals surface area contributed by atoms with E-state index in [0.717, 1.165) is 63.1 Å². The van der Waals surface area contributed by atoms with E-state index in [1.165, 1.54) is 5.69 Å². The number of carbonyl (C=O) groups is 1. The Labute approximate surface area is 148 Å². The normalized spacial score (nSPS) is 20.2. The van der Waals surface area contributed by atoms with Crippen LogP contribution in [0.25, 0.3) is 11.0 Å². The van der Waals surface area contributed by atoms with E-state index in [9.17, 15) is 4.79 Å². The fourth-order valence-corrected chi connectivity index (χ4v) is 3.90. The monoisotopic (exact) mass is 339 g/mol. The van der Waals surface area contributed by atoms with E-state index in [1.807, 2.05) is 12.3 Å². The highest BCUT2D eigenvalue weighted by atomic mass is 16.2. The van der Waals surface area contributed by atoms with E-state index < -0.39 is 0 Å². The molecule has 0 N–H and O–H groups in total. The molecule has 2 aromatic rings. The molecular formula is C19H25N5O. The zero-order chi connectivity index (χ0) is 17.2. The van der Waals surface area contributed by atoms with Crippen molar-refractivity contribution in [2.45, 2.75) is 12.8 Å². The summed E-state index contributed by atoms with van der Waals surface area (Å²) in [5.41, 5.74) is 1.97. The van der Waals surface area contributed by atoms with Crippen LogP contribution < -0.4 is 4.90 Å². The van der Waals surface area contributed by atoms with Crippen LogP contribution in [0.3, 0.4) is 0 Å². The standard InChI is InChI=1S/C19H25N5O/c1-22-11-13-24(14-12-22)19(25)15-5-9-23(10-6-15)17-4-8-21-18-16(17)3-2-7-20-18/h2-4,7-8,15H,5-6,9-14H2,1H3. The number of likely N-dealkylation sites (N-methyl/N-ethyl adjacent to an activating group) is 1. The summed E-state index contributed by atoms with van der Waals surface area (Å²) in [5, 5.41) is 1.09. The molecule has 6 nitrogen and oxygen atoms in total. The number of anilines is 1. The molecular weight excluding hydrogens is 314 g/mol. The lowest BCUT2D eigenvalue weighted by Gasteiger charge is -2.38. The number of piperazine rings is 1. The number of nitrogens with zero attached hydrogens (tertiary/aromatic N) is 5. The van der Waals surface area contributed by atoms with Crippen molar-refractivity contribution in [3.63, 3.8) is 0 Å². The number of aromatic nitrogens is 2. The SMILES string of the molecule is CN1CCN(C(=O)C2CCN(c3ccnc4ncccc34)CC2)CC1. The smallest absolute Gasteiger partial charge is 0.225 e. The molecule has 0 saturated carbocycles. The van der Waals surface area contributed by atoms with Crippen molar-refractivity contribution in [2.24, 2.45) is 5.92 Å². The molecule has 2 aromatic heterocycles. The lowest BCUT2D eigenvalue weighted by molar-refractivity contribution is -0.137. The first-order chi connectivity index (χ1) is 12.2. The number of piperidine rings is 1. The zero-order valence-electron chi connectivity index (χ0n) is 14.8. The molecule has 2 saturated heterocycles. The molecule has 0 spiro atoms. The molecule has 25 heavy (non-hydrogen) atoms. The Bertz CT molecular complexity index is 743. The van der Waals surface area contributed by atoms with Gasteiger partial charge in [0.1, 0.15) is 0 Å². The molecule has 2 aliphatic heterocycles. The van der Waals surface area contributed by atoms with Crippen molar-refractivity contribution in [3.05, 3.63) is 30.6 Å². The molecule has 0 atom stereocenters. The van der Waals surface area contributed by atoms with Gasteiger partial charge in [-0.25, -0.2) is 9.97 Å². The predicted molar refractivity (Wildman–Crippen MR) is 98.6 cm³/mol. The van der Waals surface area contributed by atoms with E-state index in [-0.39, 0.29) is 5.92 Å². The van der Waals surface area contributed by atoms with Crippen LogP contribution in [0.15, 0.2) is 30.6 Å². The van der Waals surface area contributed by atoms with Crippen LogP contribution in [-0.4, -0.2) is 72.0 Å². The third kappa shape index (κ3) is 3.31. The van der Waals surface area contributed by atoms with Crippen LogP contribution in [0.5, 0.6) is 0 Å². The number of fused-ring (bicyclic) bond motifs is 1. The minimum absolute atomic E-state index is 0.172. The average molecular weight is 339 g/mol. The van der Waals surface area contributed by atoms with Gasteiger partial charge in [0.15, 0.2) is 5.65 Å². The number of pyridine rings is 2. The third-order valence-electron chi connectivity index (χ3n) is 5.49. The number of carbonyl (C=O) groups excluding carboxylic acids is 1. The maximum absolute atomic E-state index is 12.8. The first-order valence-electron chi connectivity index (χ1n) is 9.14.